The van der Waals surface area contributed by atoms with Crippen molar-refractivity contribution in [2.75, 3.05) is 0 Å². The van der Waals surface area contributed by atoms with Gasteiger partial charge in [0.25, 0.3) is 0 Å². The molecule has 3 saturated carbocycles. The minimum atomic E-state index is -0.556. The Morgan fingerprint density at radius 3 is 1.06 bits per heavy atom. The van der Waals surface area contributed by atoms with Crippen molar-refractivity contribution < 1.29 is 17.0 Å². The second-order valence-electron chi connectivity index (χ2n) is 12.4. The molecule has 0 N–H and O–H groups in total. The Morgan fingerprint density at radius 2 is 0.774 bits per heavy atom. The number of rotatable bonds is 4. The number of halogens is 2. The van der Waals surface area contributed by atoms with Crippen molar-refractivity contribution in [3.63, 3.8) is 0 Å². The molecule has 182 valence electrons. The fourth-order valence-corrected chi connectivity index (χ4v) is 6.53. The third-order valence-corrected chi connectivity index (χ3v) is 8.14. The van der Waals surface area contributed by atoms with E-state index in [9.17, 15) is 0 Å². The van der Waals surface area contributed by atoms with E-state index in [1.54, 1.807) is 0 Å². The molecule has 0 amide bonds. The fraction of sp³-hybridized carbons (Fsp3) is 1.00. The number of hydrogen-bond acceptors (Lipinski definition) is 0. The second kappa shape index (κ2) is 13.3. The van der Waals surface area contributed by atoms with E-state index in [2.05, 4.69) is 41.5 Å². The van der Waals surface area contributed by atoms with Crippen LogP contribution in [0.1, 0.15) is 119 Å². The summed E-state index contributed by atoms with van der Waals surface area (Å²) in [4.78, 5) is 0. The van der Waals surface area contributed by atoms with Crippen LogP contribution in [0.15, 0.2) is 0 Å². The minimum absolute atomic E-state index is 0.386. The molecule has 0 aliphatic heterocycles. The fourth-order valence-electron chi connectivity index (χ4n) is 6.53. The molecule has 0 aromatic rings. The van der Waals surface area contributed by atoms with Crippen LogP contribution in [-0.2, 0) is 17.0 Å². The number of hydrogen-bond donors (Lipinski definition) is 0. The first-order valence-electron chi connectivity index (χ1n) is 12.9. The van der Waals surface area contributed by atoms with Crippen LogP contribution in [0.3, 0.4) is 0 Å². The van der Waals surface area contributed by atoms with E-state index in [-0.39, 0.29) is 0 Å². The molecule has 3 rings (SSSR count). The zero-order valence-electron chi connectivity index (χ0n) is 21.1. The zero-order chi connectivity index (χ0) is 23.1. The van der Waals surface area contributed by atoms with E-state index < -0.39 is 17.0 Å². The standard InChI is InChI=1S/C26H48N2.2ClH.Ti/c1-25(2,3)19-13-7-9-15-21(19)27-23-17-11-12-18-24(23)28-22-16-10-8-14-20(22)26(4,5)6;;;/h19-24H,7-18H2,1-6H3;2*1H;/q-2;;;+2/p-2. The summed E-state index contributed by atoms with van der Waals surface area (Å²) in [6.07, 6.45) is 16.3. The van der Waals surface area contributed by atoms with Gasteiger partial charge in [-0.15, -0.1) is 12.1 Å². The molecule has 5 heteroatoms. The molecule has 0 spiro atoms. The molecule has 6 unspecified atom stereocenters. The summed E-state index contributed by atoms with van der Waals surface area (Å²) in [6, 6.07) is 2.17. The summed E-state index contributed by atoms with van der Waals surface area (Å²) in [6.45, 7) is 14.6. The summed E-state index contributed by atoms with van der Waals surface area (Å²) in [5.41, 5.74) is 0.771. The number of nitrogens with zero attached hydrogens (tertiary/aromatic N) is 2. The SMILES string of the molecule is CC(C)(C)C1CCCCC1[N-]C1CCCCC1[N-]C1CCCCC1C(C)(C)C.[Cl][Ti][Cl]. The molecule has 2 nitrogen and oxygen atoms in total. The molecule has 0 saturated heterocycles. The topological polar surface area (TPSA) is 28.2 Å². The van der Waals surface area contributed by atoms with Gasteiger partial charge in [0.2, 0.25) is 0 Å². The summed E-state index contributed by atoms with van der Waals surface area (Å²) >= 11 is -0.556. The third kappa shape index (κ3) is 9.06. The monoisotopic (exact) mass is 506 g/mol. The van der Waals surface area contributed by atoms with Crippen LogP contribution in [0.5, 0.6) is 0 Å². The van der Waals surface area contributed by atoms with Gasteiger partial charge in [0.1, 0.15) is 0 Å². The zero-order valence-corrected chi connectivity index (χ0v) is 24.2. The first kappa shape index (κ1) is 28.5. The Kier molecular flexibility index (Phi) is 12.2. The van der Waals surface area contributed by atoms with Crippen molar-refractivity contribution in [3.8, 4) is 0 Å². The Morgan fingerprint density at radius 1 is 0.516 bits per heavy atom. The van der Waals surface area contributed by atoms with Gasteiger partial charge in [-0.05, 0) is 10.8 Å². The molecule has 0 aromatic heterocycles. The van der Waals surface area contributed by atoms with Gasteiger partial charge in [0.15, 0.2) is 0 Å². The Balaban J connectivity index is 0.00000107. The predicted molar refractivity (Wildman–Crippen MR) is 135 cm³/mol. The van der Waals surface area contributed by atoms with E-state index in [4.69, 9.17) is 29.2 Å². The third-order valence-electron chi connectivity index (χ3n) is 8.14. The van der Waals surface area contributed by atoms with E-state index in [1.165, 1.54) is 77.0 Å². The van der Waals surface area contributed by atoms with Crippen LogP contribution in [-0.4, -0.2) is 24.2 Å². The molecule has 0 bridgehead atoms. The molecule has 3 aliphatic carbocycles. The van der Waals surface area contributed by atoms with Crippen molar-refractivity contribution in [1.29, 1.82) is 0 Å². The molecule has 31 heavy (non-hydrogen) atoms. The quantitative estimate of drug-likeness (QED) is 0.339. The Labute approximate surface area is 210 Å². The Bertz CT molecular complexity index is 459. The first-order chi connectivity index (χ1) is 14.6. The van der Waals surface area contributed by atoms with Gasteiger partial charge >= 0.3 is 35.6 Å². The van der Waals surface area contributed by atoms with Gasteiger partial charge in [-0.2, -0.15) is 12.1 Å². The predicted octanol–water partition coefficient (Wildman–Crippen LogP) is 9.63. The molecule has 6 atom stereocenters. The maximum absolute atomic E-state index is 5.58. The molecule has 0 aromatic carbocycles. The first-order valence-corrected chi connectivity index (χ1v) is 17.2. The van der Waals surface area contributed by atoms with Gasteiger partial charge in [-0.25, -0.2) is 0 Å². The van der Waals surface area contributed by atoms with Crippen molar-refractivity contribution >= 4 is 18.6 Å². The molecule has 0 heterocycles. The van der Waals surface area contributed by atoms with Gasteiger partial charge in [-0.3, -0.25) is 0 Å². The van der Waals surface area contributed by atoms with E-state index in [0.717, 1.165) is 11.8 Å². The van der Waals surface area contributed by atoms with Crippen molar-refractivity contribution in [1.82, 2.24) is 0 Å². The summed E-state index contributed by atoms with van der Waals surface area (Å²) in [7, 11) is 9.78. The maximum atomic E-state index is 5.58. The van der Waals surface area contributed by atoms with Crippen molar-refractivity contribution in [2.24, 2.45) is 22.7 Å². The van der Waals surface area contributed by atoms with Crippen LogP contribution >= 0.6 is 18.6 Å². The van der Waals surface area contributed by atoms with E-state index in [0.29, 0.717) is 35.0 Å². The van der Waals surface area contributed by atoms with Gasteiger partial charge in [-0.1, -0.05) is 130 Å². The van der Waals surface area contributed by atoms with Crippen molar-refractivity contribution in [3.05, 3.63) is 10.6 Å². The average Bonchev–Trinajstić information content (AvgIpc) is 2.69. The van der Waals surface area contributed by atoms with Gasteiger partial charge < -0.3 is 10.6 Å². The van der Waals surface area contributed by atoms with E-state index >= 15 is 0 Å². The molecular weight excluding hydrogens is 459 g/mol. The van der Waals surface area contributed by atoms with Gasteiger partial charge in [0, 0.05) is 0 Å². The van der Waals surface area contributed by atoms with Crippen LogP contribution in [0.25, 0.3) is 10.6 Å². The molecular formula is C26H48Cl2N2Ti-2. The average molecular weight is 507 g/mol. The molecule has 3 fully saturated rings. The van der Waals surface area contributed by atoms with Crippen LogP contribution in [0.4, 0.5) is 0 Å². The Hall–Kier alpha value is 1.21. The van der Waals surface area contributed by atoms with E-state index in [1.807, 2.05) is 0 Å². The normalized spacial score (nSPS) is 35.1. The summed E-state index contributed by atoms with van der Waals surface area (Å²) in [5, 5.41) is 11.2. The van der Waals surface area contributed by atoms with Crippen LogP contribution in [0, 0.1) is 22.7 Å². The van der Waals surface area contributed by atoms with Crippen molar-refractivity contribution in [2.45, 2.75) is 143 Å². The second-order valence-corrected chi connectivity index (χ2v) is 15.0. The molecule has 3 aliphatic rings. The summed E-state index contributed by atoms with van der Waals surface area (Å²) in [5.74, 6) is 1.53. The van der Waals surface area contributed by atoms with Crippen LogP contribution < -0.4 is 0 Å². The van der Waals surface area contributed by atoms with Crippen LogP contribution in [0.2, 0.25) is 0 Å². The molecule has 0 radical (unpaired) electrons. The summed E-state index contributed by atoms with van der Waals surface area (Å²) < 4.78 is 0. The van der Waals surface area contributed by atoms with Gasteiger partial charge in [0.05, 0.1) is 0 Å².